The number of halogens is 2. The number of rotatable bonds is 3. The second-order valence-corrected chi connectivity index (χ2v) is 7.24. The zero-order chi connectivity index (χ0) is 16.4. The highest BCUT2D eigenvalue weighted by Gasteiger charge is 2.32. The molecule has 1 amide bonds. The summed E-state index contributed by atoms with van der Waals surface area (Å²) in [6, 6.07) is 11.4. The smallest absolute Gasteiger partial charge is 0.266 e. The van der Waals surface area contributed by atoms with Gasteiger partial charge in [-0.1, -0.05) is 18.2 Å². The zero-order valence-electron chi connectivity index (χ0n) is 12.1. The van der Waals surface area contributed by atoms with Crippen LogP contribution in [-0.2, 0) is 4.79 Å². The van der Waals surface area contributed by atoms with Gasteiger partial charge in [0, 0.05) is 12.6 Å². The number of hydrogen-bond donors (Lipinski definition) is 0. The molecule has 0 bridgehead atoms. The fourth-order valence-corrected chi connectivity index (χ4v) is 3.70. The average Bonchev–Trinajstić information content (AvgIpc) is 3.00. The third-order valence-corrected chi connectivity index (χ3v) is 5.84. The van der Waals surface area contributed by atoms with Gasteiger partial charge >= 0.3 is 0 Å². The molecule has 0 unspecified atom stereocenters. The van der Waals surface area contributed by atoms with E-state index in [9.17, 15) is 4.79 Å². The number of nitrogens with zero attached hydrogens (tertiary/aromatic N) is 2. The molecule has 2 aromatic rings. The van der Waals surface area contributed by atoms with Crippen molar-refractivity contribution in [3.63, 3.8) is 0 Å². The van der Waals surface area contributed by atoms with Gasteiger partial charge in [-0.15, -0.1) is 0 Å². The van der Waals surface area contributed by atoms with Crippen molar-refractivity contribution in [2.75, 3.05) is 6.54 Å². The first kappa shape index (κ1) is 16.5. The van der Waals surface area contributed by atoms with Gasteiger partial charge in [0.25, 0.3) is 5.91 Å². The van der Waals surface area contributed by atoms with Gasteiger partial charge in [-0.3, -0.25) is 9.69 Å². The summed E-state index contributed by atoms with van der Waals surface area (Å²) >= 11 is 8.01. The largest absolute Gasteiger partial charge is 0.449 e. The van der Waals surface area contributed by atoms with Crippen molar-refractivity contribution in [1.29, 1.82) is 0 Å². The quantitative estimate of drug-likeness (QED) is 0.579. The lowest BCUT2D eigenvalue weighted by molar-refractivity contribution is -0.122. The number of likely N-dealkylation sites (N-methyl/N-ethyl adjacent to an activating group) is 1. The van der Waals surface area contributed by atoms with Gasteiger partial charge < -0.3 is 4.42 Å². The summed E-state index contributed by atoms with van der Waals surface area (Å²) in [7, 11) is 0. The molecule has 0 radical (unpaired) electrons. The number of hydrogen-bond acceptors (Lipinski definition) is 4. The number of para-hydroxylation sites is 1. The Labute approximate surface area is 154 Å². The molecule has 118 valence electrons. The molecule has 1 aliphatic heterocycles. The van der Waals surface area contributed by atoms with Crippen LogP contribution in [0.4, 0.5) is 5.69 Å². The summed E-state index contributed by atoms with van der Waals surface area (Å²) < 4.78 is 6.93. The Kier molecular flexibility index (Phi) is 5.08. The van der Waals surface area contributed by atoms with Crippen LogP contribution >= 0.6 is 43.6 Å². The molecule has 1 fully saturated rings. The van der Waals surface area contributed by atoms with Crippen LogP contribution in [0.15, 0.2) is 59.9 Å². The van der Waals surface area contributed by atoms with Crippen molar-refractivity contribution >= 4 is 66.5 Å². The Morgan fingerprint density at radius 1 is 1.30 bits per heavy atom. The topological polar surface area (TPSA) is 45.8 Å². The molecule has 1 saturated heterocycles. The minimum Gasteiger partial charge on any atom is -0.449 e. The van der Waals surface area contributed by atoms with Gasteiger partial charge in [0.1, 0.15) is 5.76 Å². The summed E-state index contributed by atoms with van der Waals surface area (Å²) in [6.07, 6.45) is 1.73. The Hall–Kier alpha value is -1.31. The van der Waals surface area contributed by atoms with E-state index in [1.807, 2.05) is 43.3 Å². The number of carbonyl (C=O) groups excluding carboxylic acids is 1. The average molecular weight is 456 g/mol. The van der Waals surface area contributed by atoms with Crippen LogP contribution in [0, 0.1) is 0 Å². The van der Waals surface area contributed by atoms with Crippen molar-refractivity contribution < 1.29 is 9.21 Å². The summed E-state index contributed by atoms with van der Waals surface area (Å²) in [5, 5.41) is 0.680. The van der Waals surface area contributed by atoms with E-state index in [1.165, 1.54) is 11.8 Å². The third kappa shape index (κ3) is 3.62. The lowest BCUT2D eigenvalue weighted by atomic mass is 10.3. The molecule has 0 spiro atoms. The minimum atomic E-state index is -0.0594. The molecule has 0 N–H and O–H groups in total. The molecule has 4 nitrogen and oxygen atoms in total. The zero-order valence-corrected chi connectivity index (χ0v) is 16.1. The number of thioether (sulfide) groups is 1. The van der Waals surface area contributed by atoms with Crippen LogP contribution in [0.3, 0.4) is 0 Å². The standard InChI is InChI=1S/C16H12Br2N2O2S/c1-2-20-15(21)13(9-11-8-12(17)14(18)22-11)23-16(20)19-10-6-4-3-5-7-10/h3-9H,2H2,1H3/b13-9-,19-16?. The van der Waals surface area contributed by atoms with Crippen LogP contribution in [0.5, 0.6) is 0 Å². The van der Waals surface area contributed by atoms with E-state index in [2.05, 4.69) is 36.9 Å². The van der Waals surface area contributed by atoms with Crippen LogP contribution in [0.2, 0.25) is 0 Å². The molecule has 1 aliphatic rings. The van der Waals surface area contributed by atoms with E-state index in [4.69, 9.17) is 4.42 Å². The van der Waals surface area contributed by atoms with Crippen molar-refractivity contribution in [2.24, 2.45) is 4.99 Å². The molecule has 23 heavy (non-hydrogen) atoms. The summed E-state index contributed by atoms with van der Waals surface area (Å²) in [5.41, 5.74) is 0.825. The summed E-state index contributed by atoms with van der Waals surface area (Å²) in [5.74, 6) is 0.549. The van der Waals surface area contributed by atoms with Crippen molar-refractivity contribution in [1.82, 2.24) is 4.90 Å². The van der Waals surface area contributed by atoms with Gasteiger partial charge in [-0.05, 0) is 68.7 Å². The van der Waals surface area contributed by atoms with Crippen molar-refractivity contribution in [2.45, 2.75) is 6.92 Å². The molecule has 1 aromatic carbocycles. The van der Waals surface area contributed by atoms with E-state index in [0.29, 0.717) is 27.0 Å². The highest BCUT2D eigenvalue weighted by Crippen LogP contribution is 2.35. The van der Waals surface area contributed by atoms with Crippen LogP contribution < -0.4 is 0 Å². The first-order valence-corrected chi connectivity index (χ1v) is 9.28. The molecule has 1 aromatic heterocycles. The maximum absolute atomic E-state index is 12.5. The Bertz CT molecular complexity index is 780. The highest BCUT2D eigenvalue weighted by molar-refractivity contribution is 9.13. The Balaban J connectivity index is 1.93. The maximum atomic E-state index is 12.5. The number of amidine groups is 1. The number of furan rings is 1. The molecule has 2 heterocycles. The Morgan fingerprint density at radius 3 is 2.65 bits per heavy atom. The van der Waals surface area contributed by atoms with Gasteiger partial charge in [0.05, 0.1) is 15.1 Å². The molecule has 3 rings (SSSR count). The molecule has 0 aliphatic carbocycles. The summed E-state index contributed by atoms with van der Waals surface area (Å²) in [6.45, 7) is 2.50. The lowest BCUT2D eigenvalue weighted by Crippen LogP contribution is -2.28. The van der Waals surface area contributed by atoms with Gasteiger partial charge in [-0.2, -0.15) is 0 Å². The van der Waals surface area contributed by atoms with Gasteiger partial charge in [0.15, 0.2) is 9.84 Å². The predicted molar refractivity (Wildman–Crippen MR) is 101 cm³/mol. The molecule has 0 atom stereocenters. The fourth-order valence-electron chi connectivity index (χ4n) is 2.05. The number of carbonyl (C=O) groups is 1. The first-order valence-electron chi connectivity index (χ1n) is 6.88. The van der Waals surface area contributed by atoms with E-state index >= 15 is 0 Å². The van der Waals surface area contributed by atoms with E-state index in [1.54, 1.807) is 11.0 Å². The predicted octanol–water partition coefficient (Wildman–Crippen LogP) is 5.43. The van der Waals surface area contributed by atoms with E-state index in [0.717, 1.165) is 10.2 Å². The lowest BCUT2D eigenvalue weighted by Gasteiger charge is -2.11. The normalized spacial score (nSPS) is 18.4. The van der Waals surface area contributed by atoms with Crippen molar-refractivity contribution in [3.05, 3.63) is 56.2 Å². The second kappa shape index (κ2) is 7.07. The van der Waals surface area contributed by atoms with Crippen molar-refractivity contribution in [3.8, 4) is 0 Å². The monoisotopic (exact) mass is 454 g/mol. The Morgan fingerprint density at radius 2 is 2.04 bits per heavy atom. The molecular weight excluding hydrogens is 444 g/mol. The number of amides is 1. The SMILES string of the molecule is CCN1C(=O)/C(=C/c2cc(Br)c(Br)o2)SC1=Nc1ccccc1. The van der Waals surface area contributed by atoms with Crippen LogP contribution in [0.25, 0.3) is 6.08 Å². The molecule has 0 saturated carbocycles. The number of benzene rings is 1. The van der Waals surface area contributed by atoms with Gasteiger partial charge in [0.2, 0.25) is 0 Å². The number of aliphatic imine (C=N–C) groups is 1. The van der Waals surface area contributed by atoms with Gasteiger partial charge in [-0.25, -0.2) is 4.99 Å². The van der Waals surface area contributed by atoms with Crippen LogP contribution in [-0.4, -0.2) is 22.5 Å². The van der Waals surface area contributed by atoms with E-state index in [-0.39, 0.29) is 5.91 Å². The second-order valence-electron chi connectivity index (χ2n) is 4.66. The first-order chi connectivity index (χ1) is 11.1. The van der Waals surface area contributed by atoms with E-state index < -0.39 is 0 Å². The van der Waals surface area contributed by atoms with Crippen LogP contribution in [0.1, 0.15) is 12.7 Å². The minimum absolute atomic E-state index is 0.0594. The summed E-state index contributed by atoms with van der Waals surface area (Å²) in [4.78, 5) is 19.4. The molecule has 7 heteroatoms. The third-order valence-electron chi connectivity index (χ3n) is 3.12. The highest BCUT2D eigenvalue weighted by atomic mass is 79.9. The maximum Gasteiger partial charge on any atom is 0.266 e. The fraction of sp³-hybridized carbons (Fsp3) is 0.125. The molecular formula is C16H12Br2N2O2S.